The molecule has 0 amide bonds. The van der Waals surface area contributed by atoms with Crippen molar-refractivity contribution < 1.29 is 18.3 Å². The third-order valence-corrected chi connectivity index (χ3v) is 5.50. The molecule has 0 saturated heterocycles. The topological polar surface area (TPSA) is 63.6 Å². The van der Waals surface area contributed by atoms with Crippen LogP contribution < -0.4 is 4.74 Å². The molecule has 17 heavy (non-hydrogen) atoms. The molecule has 0 bridgehead atoms. The molecule has 0 aliphatic rings. The molecule has 0 atom stereocenters. The summed E-state index contributed by atoms with van der Waals surface area (Å²) in [4.78, 5) is 0.0772. The highest BCUT2D eigenvalue weighted by atomic mass is 79.9. The van der Waals surface area contributed by atoms with E-state index in [4.69, 9.17) is 4.74 Å². The van der Waals surface area contributed by atoms with Crippen LogP contribution in [0.5, 0.6) is 5.75 Å². The first-order valence-electron chi connectivity index (χ1n) is 4.95. The number of ether oxygens (including phenoxy) is 1. The number of halogens is 1. The Labute approximate surface area is 110 Å². The van der Waals surface area contributed by atoms with Crippen molar-refractivity contribution in [1.82, 2.24) is 0 Å². The van der Waals surface area contributed by atoms with E-state index in [-0.39, 0.29) is 10.6 Å². The van der Waals surface area contributed by atoms with Gasteiger partial charge in [0.15, 0.2) is 9.84 Å². The van der Waals surface area contributed by atoms with Crippen LogP contribution in [0.2, 0.25) is 0 Å². The van der Waals surface area contributed by atoms with Crippen LogP contribution in [0.25, 0.3) is 0 Å². The molecule has 6 heteroatoms. The molecule has 0 unspecified atom stereocenters. The quantitative estimate of drug-likeness (QED) is 0.920. The highest BCUT2D eigenvalue weighted by molar-refractivity contribution is 9.10. The van der Waals surface area contributed by atoms with E-state index in [9.17, 15) is 13.5 Å². The summed E-state index contributed by atoms with van der Waals surface area (Å²) in [6, 6.07) is 4.75. The second kappa shape index (κ2) is 4.96. The van der Waals surface area contributed by atoms with Crippen LogP contribution in [0, 0.1) is 0 Å². The Morgan fingerprint density at radius 2 is 2.00 bits per heavy atom. The molecule has 0 aromatic heterocycles. The van der Waals surface area contributed by atoms with E-state index >= 15 is 0 Å². The van der Waals surface area contributed by atoms with Gasteiger partial charge in [-0.1, -0.05) is 15.9 Å². The molecule has 4 nitrogen and oxygen atoms in total. The number of sulfone groups is 1. The Bertz CT molecular complexity index is 508. The Morgan fingerprint density at radius 3 is 2.47 bits per heavy atom. The molecule has 0 heterocycles. The van der Waals surface area contributed by atoms with Gasteiger partial charge in [-0.3, -0.25) is 0 Å². The summed E-state index contributed by atoms with van der Waals surface area (Å²) in [5.74, 6) is 0.273. The first-order chi connectivity index (χ1) is 7.76. The molecule has 0 fully saturated rings. The van der Waals surface area contributed by atoms with Crippen molar-refractivity contribution in [3.8, 4) is 5.75 Å². The average Bonchev–Trinajstić information content (AvgIpc) is 2.28. The first-order valence-corrected chi connectivity index (χ1v) is 7.23. The summed E-state index contributed by atoms with van der Waals surface area (Å²) in [7, 11) is -2.25. The Hall–Kier alpha value is -0.590. The molecule has 0 aliphatic carbocycles. The van der Waals surface area contributed by atoms with Gasteiger partial charge in [-0.15, -0.1) is 0 Å². The lowest BCUT2D eigenvalue weighted by Gasteiger charge is -2.23. The van der Waals surface area contributed by atoms with Crippen molar-refractivity contribution in [3.63, 3.8) is 0 Å². The summed E-state index contributed by atoms with van der Waals surface area (Å²) in [5, 5.41) is 9.19. The average molecular weight is 323 g/mol. The molecule has 1 N–H and O–H groups in total. The van der Waals surface area contributed by atoms with E-state index < -0.39 is 21.2 Å². The van der Waals surface area contributed by atoms with Crippen LogP contribution in [0.15, 0.2) is 27.6 Å². The van der Waals surface area contributed by atoms with Gasteiger partial charge in [0.25, 0.3) is 0 Å². The molecule has 0 saturated carbocycles. The van der Waals surface area contributed by atoms with Crippen LogP contribution in [0.3, 0.4) is 0 Å². The van der Waals surface area contributed by atoms with Gasteiger partial charge in [0.1, 0.15) is 10.6 Å². The molecule has 0 spiro atoms. The van der Waals surface area contributed by atoms with Crippen molar-refractivity contribution in [2.24, 2.45) is 0 Å². The number of aliphatic hydroxyl groups excluding tert-OH is 1. The molecular weight excluding hydrogens is 308 g/mol. The van der Waals surface area contributed by atoms with Gasteiger partial charge in [0.2, 0.25) is 0 Å². The first kappa shape index (κ1) is 14.5. The van der Waals surface area contributed by atoms with E-state index in [1.54, 1.807) is 12.1 Å². The van der Waals surface area contributed by atoms with Gasteiger partial charge >= 0.3 is 0 Å². The van der Waals surface area contributed by atoms with E-state index in [0.717, 1.165) is 0 Å². The number of aliphatic hydroxyl groups is 1. The van der Waals surface area contributed by atoms with E-state index in [1.165, 1.54) is 27.0 Å². The highest BCUT2D eigenvalue weighted by Crippen LogP contribution is 2.33. The summed E-state index contributed by atoms with van der Waals surface area (Å²) in [5.41, 5.74) is 0. The number of rotatable bonds is 4. The highest BCUT2D eigenvalue weighted by Gasteiger charge is 2.37. The normalized spacial score (nSPS) is 12.5. The van der Waals surface area contributed by atoms with Gasteiger partial charge in [0.05, 0.1) is 18.5 Å². The number of benzene rings is 1. The fraction of sp³-hybridized carbons (Fsp3) is 0.455. The smallest absolute Gasteiger partial charge is 0.189 e. The standard InChI is InChI=1S/C11H15BrO4S/c1-11(2,7-13)17(14,15)10-6-8(12)4-5-9(10)16-3/h4-6,13H,7H2,1-3H3. The van der Waals surface area contributed by atoms with Crippen LogP contribution in [0.1, 0.15) is 13.8 Å². The van der Waals surface area contributed by atoms with Gasteiger partial charge in [-0.2, -0.15) is 0 Å². The van der Waals surface area contributed by atoms with Crippen molar-refractivity contribution in [2.45, 2.75) is 23.5 Å². The third-order valence-electron chi connectivity index (χ3n) is 2.52. The third kappa shape index (κ3) is 2.64. The van der Waals surface area contributed by atoms with Crippen molar-refractivity contribution in [1.29, 1.82) is 0 Å². The van der Waals surface area contributed by atoms with Crippen LogP contribution >= 0.6 is 15.9 Å². The predicted octanol–water partition coefficient (Wildman–Crippen LogP) is 2.00. The minimum atomic E-state index is -3.66. The lowest BCUT2D eigenvalue weighted by atomic mass is 10.2. The van der Waals surface area contributed by atoms with Gasteiger partial charge in [-0.25, -0.2) is 8.42 Å². The van der Waals surface area contributed by atoms with Crippen molar-refractivity contribution >= 4 is 25.8 Å². The van der Waals surface area contributed by atoms with E-state index in [1.807, 2.05) is 0 Å². The maximum atomic E-state index is 12.4. The van der Waals surface area contributed by atoms with Crippen molar-refractivity contribution in [3.05, 3.63) is 22.7 Å². The van der Waals surface area contributed by atoms with Crippen molar-refractivity contribution in [2.75, 3.05) is 13.7 Å². The minimum Gasteiger partial charge on any atom is -0.495 e. The molecule has 1 rings (SSSR count). The monoisotopic (exact) mass is 322 g/mol. The molecule has 0 radical (unpaired) electrons. The molecule has 96 valence electrons. The second-order valence-corrected chi connectivity index (χ2v) is 7.68. The zero-order valence-electron chi connectivity index (χ0n) is 9.90. The maximum absolute atomic E-state index is 12.4. The van der Waals surface area contributed by atoms with Crippen LogP contribution in [-0.2, 0) is 9.84 Å². The zero-order valence-corrected chi connectivity index (χ0v) is 12.3. The van der Waals surface area contributed by atoms with Crippen LogP contribution in [0.4, 0.5) is 0 Å². The van der Waals surface area contributed by atoms with E-state index in [2.05, 4.69) is 15.9 Å². The summed E-state index contributed by atoms with van der Waals surface area (Å²) < 4.78 is 29.2. The molecule has 1 aromatic rings. The second-order valence-electron chi connectivity index (χ2n) is 4.22. The zero-order chi connectivity index (χ0) is 13.3. The Balaban J connectivity index is 3.48. The SMILES string of the molecule is COc1ccc(Br)cc1S(=O)(=O)C(C)(C)CO. The Kier molecular flexibility index (Phi) is 4.22. The maximum Gasteiger partial charge on any atom is 0.189 e. The van der Waals surface area contributed by atoms with E-state index in [0.29, 0.717) is 4.47 Å². The largest absolute Gasteiger partial charge is 0.495 e. The molecule has 0 aliphatic heterocycles. The number of methoxy groups -OCH3 is 1. The fourth-order valence-corrected chi connectivity index (χ4v) is 3.22. The van der Waals surface area contributed by atoms with Gasteiger partial charge in [-0.05, 0) is 32.0 Å². The van der Waals surface area contributed by atoms with Crippen LogP contribution in [-0.4, -0.2) is 32.0 Å². The minimum absolute atomic E-state index is 0.0772. The number of hydrogen-bond acceptors (Lipinski definition) is 4. The molecular formula is C11H15BrO4S. The summed E-state index contributed by atoms with van der Waals surface area (Å²) >= 11 is 3.22. The lowest BCUT2D eigenvalue weighted by Crippen LogP contribution is -2.36. The lowest BCUT2D eigenvalue weighted by molar-refractivity contribution is 0.258. The summed E-state index contributed by atoms with van der Waals surface area (Å²) in [6.07, 6.45) is 0. The molecule has 1 aromatic carbocycles. The summed E-state index contributed by atoms with van der Waals surface area (Å²) in [6.45, 7) is 2.50. The van der Waals surface area contributed by atoms with Gasteiger partial charge in [0, 0.05) is 4.47 Å². The van der Waals surface area contributed by atoms with Gasteiger partial charge < -0.3 is 9.84 Å². The fourth-order valence-electron chi connectivity index (χ4n) is 1.24. The Morgan fingerprint density at radius 1 is 1.41 bits per heavy atom. The number of hydrogen-bond donors (Lipinski definition) is 1. The predicted molar refractivity (Wildman–Crippen MR) is 69.0 cm³/mol.